The Kier molecular flexibility index (Phi) is 5.60. The highest BCUT2D eigenvalue weighted by atomic mass is 32.2. The van der Waals surface area contributed by atoms with Crippen LogP contribution in [0.25, 0.3) is 11.1 Å². The highest BCUT2D eigenvalue weighted by molar-refractivity contribution is 7.98. The van der Waals surface area contributed by atoms with E-state index in [1.807, 2.05) is 6.07 Å². The minimum Gasteiger partial charge on any atom is -0.493 e. The lowest BCUT2D eigenvalue weighted by Gasteiger charge is -2.19. The van der Waals surface area contributed by atoms with Crippen molar-refractivity contribution in [1.29, 1.82) is 0 Å². The number of nitrogen functional groups attached to an aromatic ring is 1. The van der Waals surface area contributed by atoms with Crippen molar-refractivity contribution in [2.45, 2.75) is 30.8 Å². The molecule has 2 unspecified atom stereocenters. The number of ether oxygens (including phenoxy) is 2. The second-order valence-electron chi connectivity index (χ2n) is 7.55. The van der Waals surface area contributed by atoms with Crippen LogP contribution in [-0.4, -0.2) is 21.7 Å². The predicted molar refractivity (Wildman–Crippen MR) is 121 cm³/mol. The van der Waals surface area contributed by atoms with Gasteiger partial charge >= 0.3 is 0 Å². The quantitative estimate of drug-likeness (QED) is 0.558. The number of fused-ring (bicyclic) bond motifs is 5. The molecular formula is C23H24FN3O3S. The molecule has 6 nitrogen and oxygen atoms in total. The fraction of sp³-hybridized carbons (Fsp3) is 0.217. The second-order valence-corrected chi connectivity index (χ2v) is 9.47. The van der Waals surface area contributed by atoms with Crippen molar-refractivity contribution >= 4 is 21.4 Å². The minimum atomic E-state index is -2.88. The zero-order valence-corrected chi connectivity index (χ0v) is 18.0. The number of pyridine rings is 1. The van der Waals surface area contributed by atoms with E-state index in [4.69, 9.17) is 20.3 Å². The molecule has 4 rings (SSSR count). The van der Waals surface area contributed by atoms with Gasteiger partial charge in [-0.3, -0.25) is 5.14 Å². The predicted octanol–water partition coefficient (Wildman–Crippen LogP) is 3.88. The Hall–Kier alpha value is -3.10. The summed E-state index contributed by atoms with van der Waals surface area (Å²) in [5.41, 5.74) is 9.23. The van der Waals surface area contributed by atoms with Crippen LogP contribution in [0.2, 0.25) is 0 Å². The maximum absolute atomic E-state index is 13.9. The number of rotatable bonds is 1. The average molecular weight is 442 g/mol. The first-order chi connectivity index (χ1) is 14.7. The van der Waals surface area contributed by atoms with Crippen LogP contribution < -0.4 is 20.3 Å². The molecule has 8 heteroatoms. The molecule has 4 N–H and O–H groups in total. The molecule has 0 amide bonds. The summed E-state index contributed by atoms with van der Waals surface area (Å²) in [6.07, 6.45) is 2.53. The van der Waals surface area contributed by atoms with Crippen LogP contribution in [0.4, 0.5) is 10.2 Å². The summed E-state index contributed by atoms with van der Waals surface area (Å²) in [5, 5.41) is 5.77. The topological polar surface area (TPSA) is 100 Å². The molecule has 3 aromatic rings. The number of anilines is 1. The van der Waals surface area contributed by atoms with E-state index in [1.54, 1.807) is 37.4 Å². The lowest BCUT2D eigenvalue weighted by molar-refractivity contribution is 0.216. The van der Waals surface area contributed by atoms with Crippen molar-refractivity contribution in [3.05, 3.63) is 65.6 Å². The molecule has 0 fully saturated rings. The van der Waals surface area contributed by atoms with E-state index < -0.39 is 15.8 Å². The fourth-order valence-electron chi connectivity index (χ4n) is 3.62. The Morgan fingerprint density at radius 3 is 2.77 bits per heavy atom. The first-order valence-electron chi connectivity index (χ1n) is 9.85. The molecule has 2 atom stereocenters. The van der Waals surface area contributed by atoms with Crippen LogP contribution in [0.5, 0.6) is 11.5 Å². The SMILES string of the molecule is C=S(N)(=O)c1ccc2c(c1)-c1cnc(N)c(c1)OC(C)c1cc(F)ccc1OCCC2. The third-order valence-corrected chi connectivity index (χ3v) is 6.29. The van der Waals surface area contributed by atoms with E-state index in [1.165, 1.54) is 12.1 Å². The molecule has 0 saturated carbocycles. The first-order valence-corrected chi connectivity index (χ1v) is 11.6. The van der Waals surface area contributed by atoms with Crippen molar-refractivity contribution < 1.29 is 18.1 Å². The van der Waals surface area contributed by atoms with Gasteiger partial charge in [0.2, 0.25) is 0 Å². The molecule has 0 aliphatic carbocycles. The van der Waals surface area contributed by atoms with E-state index in [0.29, 0.717) is 35.0 Å². The summed E-state index contributed by atoms with van der Waals surface area (Å²) >= 11 is 0. The van der Waals surface area contributed by atoms with Gasteiger partial charge in [0.15, 0.2) is 11.6 Å². The zero-order valence-electron chi connectivity index (χ0n) is 17.1. The summed E-state index contributed by atoms with van der Waals surface area (Å²) in [6.45, 7) is 2.24. The van der Waals surface area contributed by atoms with E-state index in [0.717, 1.165) is 23.1 Å². The maximum Gasteiger partial charge on any atom is 0.166 e. The molecule has 0 saturated heterocycles. The van der Waals surface area contributed by atoms with E-state index >= 15 is 0 Å². The molecule has 1 aliphatic rings. The lowest BCUT2D eigenvalue weighted by Crippen LogP contribution is -2.12. The van der Waals surface area contributed by atoms with Gasteiger partial charge in [-0.1, -0.05) is 6.07 Å². The molecule has 162 valence electrons. The standard InChI is InChI=1S/C23H24FN3O3S/c1-14-19-11-17(24)6-8-21(19)29-9-3-4-15-5-7-18(31(2,26)28)12-20(15)16-10-22(30-14)23(25)27-13-16/h5-8,10-14H,2-4,9H2,1H3,(H2,25,27)(H2,26,28). The third-order valence-electron chi connectivity index (χ3n) is 5.23. The van der Waals surface area contributed by atoms with Gasteiger partial charge in [0.25, 0.3) is 0 Å². The number of aryl methyl sites for hydroxylation is 1. The van der Waals surface area contributed by atoms with Crippen LogP contribution in [0, 0.1) is 5.82 Å². The number of hydrogen-bond acceptors (Lipinski definition) is 5. The Morgan fingerprint density at radius 2 is 2.00 bits per heavy atom. The van der Waals surface area contributed by atoms with Gasteiger partial charge in [-0.15, -0.1) is 0 Å². The molecule has 1 aromatic heterocycles. The molecule has 0 spiro atoms. The highest BCUT2D eigenvalue weighted by Crippen LogP contribution is 2.36. The third kappa shape index (κ3) is 4.50. The summed E-state index contributed by atoms with van der Waals surface area (Å²) in [7, 11) is -2.88. The van der Waals surface area contributed by atoms with Gasteiger partial charge in [-0.05, 0) is 73.2 Å². The first kappa shape index (κ1) is 21.1. The molecular weight excluding hydrogens is 417 g/mol. The summed E-state index contributed by atoms with van der Waals surface area (Å²) in [4.78, 5) is 4.73. The van der Waals surface area contributed by atoms with Gasteiger partial charge < -0.3 is 15.2 Å². The van der Waals surface area contributed by atoms with Crippen molar-refractivity contribution in [2.75, 3.05) is 12.3 Å². The Bertz CT molecular complexity index is 1240. The van der Waals surface area contributed by atoms with Crippen molar-refractivity contribution in [3.63, 3.8) is 0 Å². The molecule has 31 heavy (non-hydrogen) atoms. The van der Waals surface area contributed by atoms with Gasteiger partial charge in [-0.2, -0.15) is 0 Å². The monoisotopic (exact) mass is 441 g/mol. The van der Waals surface area contributed by atoms with E-state index in [-0.39, 0.29) is 11.6 Å². The number of halogens is 1. The Labute approximate surface area is 181 Å². The molecule has 0 radical (unpaired) electrons. The van der Waals surface area contributed by atoms with Crippen molar-refractivity contribution in [1.82, 2.24) is 4.98 Å². The number of nitrogens with zero attached hydrogens (tertiary/aromatic N) is 1. The van der Waals surface area contributed by atoms with Crippen LogP contribution in [0.3, 0.4) is 0 Å². The minimum absolute atomic E-state index is 0.210. The van der Waals surface area contributed by atoms with E-state index in [9.17, 15) is 8.60 Å². The number of hydrogen-bond donors (Lipinski definition) is 2. The molecule has 2 heterocycles. The van der Waals surface area contributed by atoms with Crippen LogP contribution in [0.15, 0.2) is 53.6 Å². The second kappa shape index (κ2) is 8.20. The largest absolute Gasteiger partial charge is 0.493 e. The molecule has 2 aromatic carbocycles. The van der Waals surface area contributed by atoms with Crippen LogP contribution in [-0.2, 0) is 16.1 Å². The van der Waals surface area contributed by atoms with Gasteiger partial charge in [-0.25, -0.2) is 13.6 Å². The number of aromatic nitrogens is 1. The zero-order chi connectivity index (χ0) is 22.2. The average Bonchev–Trinajstić information content (AvgIpc) is 2.73. The molecule has 1 aliphatic heterocycles. The number of benzene rings is 2. The van der Waals surface area contributed by atoms with Gasteiger partial charge in [0.05, 0.1) is 16.3 Å². The van der Waals surface area contributed by atoms with Crippen molar-refractivity contribution in [2.24, 2.45) is 5.14 Å². The van der Waals surface area contributed by atoms with Crippen molar-refractivity contribution in [3.8, 4) is 22.6 Å². The van der Waals surface area contributed by atoms with Crippen LogP contribution >= 0.6 is 0 Å². The highest BCUT2D eigenvalue weighted by Gasteiger charge is 2.19. The summed E-state index contributed by atoms with van der Waals surface area (Å²) < 4.78 is 38.2. The molecule has 2 bridgehead atoms. The normalized spacial score (nSPS) is 18.0. The summed E-state index contributed by atoms with van der Waals surface area (Å²) in [6, 6.07) is 11.5. The maximum atomic E-state index is 13.9. The Morgan fingerprint density at radius 1 is 1.19 bits per heavy atom. The smallest absolute Gasteiger partial charge is 0.166 e. The Balaban J connectivity index is 1.85. The van der Waals surface area contributed by atoms with Gasteiger partial charge in [0.1, 0.15) is 17.7 Å². The van der Waals surface area contributed by atoms with Crippen LogP contribution in [0.1, 0.15) is 30.6 Å². The van der Waals surface area contributed by atoms with E-state index in [2.05, 4.69) is 10.9 Å². The summed E-state index contributed by atoms with van der Waals surface area (Å²) in [5.74, 6) is 4.34. The number of nitrogens with two attached hydrogens (primary N) is 2. The van der Waals surface area contributed by atoms with Gasteiger partial charge in [0, 0.05) is 22.2 Å². The lowest BCUT2D eigenvalue weighted by atomic mass is 9.97. The fourth-order valence-corrected chi connectivity index (χ4v) is 4.24.